The van der Waals surface area contributed by atoms with Crippen LogP contribution < -0.4 is 5.32 Å². The molecule has 4 aromatic rings. The molecule has 30 heavy (non-hydrogen) atoms. The maximum absolute atomic E-state index is 12.9. The zero-order chi connectivity index (χ0) is 21.3. The van der Waals surface area contributed by atoms with Crippen molar-refractivity contribution in [3.05, 3.63) is 94.0 Å². The summed E-state index contributed by atoms with van der Waals surface area (Å²) < 4.78 is 41.7. The van der Waals surface area contributed by atoms with Crippen LogP contribution in [-0.4, -0.2) is 10.5 Å². The van der Waals surface area contributed by atoms with Gasteiger partial charge in [0.15, 0.2) is 0 Å². The first kappa shape index (κ1) is 20.2. The van der Waals surface area contributed by atoms with E-state index in [2.05, 4.69) is 5.32 Å². The van der Waals surface area contributed by atoms with Crippen molar-refractivity contribution in [1.82, 2.24) is 9.88 Å². The van der Waals surface area contributed by atoms with Crippen molar-refractivity contribution in [2.45, 2.75) is 26.2 Å². The summed E-state index contributed by atoms with van der Waals surface area (Å²) in [5.74, 6) is -0.315. The van der Waals surface area contributed by atoms with E-state index < -0.39 is 11.7 Å². The highest BCUT2D eigenvalue weighted by Crippen LogP contribution is 2.30. The number of carbonyl (C=O) groups is 1. The van der Waals surface area contributed by atoms with Gasteiger partial charge in [-0.05, 0) is 53.3 Å². The zero-order valence-corrected chi connectivity index (χ0v) is 17.0. The summed E-state index contributed by atoms with van der Waals surface area (Å²) in [6.45, 7) is 2.59. The number of nitrogens with one attached hydrogen (secondary N) is 1. The molecule has 0 aliphatic heterocycles. The van der Waals surface area contributed by atoms with Gasteiger partial charge in [0.25, 0.3) is 5.91 Å². The minimum absolute atomic E-state index is 0.0198. The molecule has 2 heterocycles. The standard InChI is InChI=1S/C23H19F3N2OS/c1-15-5-2-3-7-17(15)14-28-19-9-10-30-21(19)12-20(28)22(29)27-13-16-6-4-8-18(11-16)23(24,25)26/h2-12H,13-14H2,1H3,(H,27,29). The Balaban J connectivity index is 1.58. The van der Waals surface area contributed by atoms with Crippen LogP contribution in [-0.2, 0) is 19.3 Å². The topological polar surface area (TPSA) is 34.0 Å². The summed E-state index contributed by atoms with van der Waals surface area (Å²) in [6, 6.07) is 16.8. The predicted molar refractivity (Wildman–Crippen MR) is 113 cm³/mol. The van der Waals surface area contributed by atoms with Crippen molar-refractivity contribution < 1.29 is 18.0 Å². The van der Waals surface area contributed by atoms with Crippen LogP contribution in [0.5, 0.6) is 0 Å². The van der Waals surface area contributed by atoms with Gasteiger partial charge in [-0.25, -0.2) is 0 Å². The number of amides is 1. The maximum atomic E-state index is 12.9. The molecule has 1 N–H and O–H groups in total. The molecule has 0 atom stereocenters. The molecule has 0 radical (unpaired) electrons. The summed E-state index contributed by atoms with van der Waals surface area (Å²) in [5.41, 5.74) is 3.37. The average molecular weight is 428 g/mol. The van der Waals surface area contributed by atoms with Crippen LogP contribution in [0.25, 0.3) is 10.2 Å². The van der Waals surface area contributed by atoms with Crippen LogP contribution in [0.4, 0.5) is 13.2 Å². The number of nitrogens with zero attached hydrogens (tertiary/aromatic N) is 1. The molecule has 2 aromatic carbocycles. The number of aromatic nitrogens is 1. The average Bonchev–Trinajstić information content (AvgIpc) is 3.30. The highest BCUT2D eigenvalue weighted by Gasteiger charge is 2.30. The molecule has 154 valence electrons. The second kappa shape index (κ2) is 7.99. The molecule has 0 unspecified atom stereocenters. The molecule has 1 amide bonds. The SMILES string of the molecule is Cc1ccccc1Cn1c(C(=O)NCc2cccc(C(F)(F)F)c2)cc2sccc21. The number of aryl methyl sites for hydroxylation is 1. The summed E-state index contributed by atoms with van der Waals surface area (Å²) in [7, 11) is 0. The van der Waals surface area contributed by atoms with Crippen molar-refractivity contribution in [2.24, 2.45) is 0 Å². The van der Waals surface area contributed by atoms with Crippen molar-refractivity contribution in [2.75, 3.05) is 0 Å². The molecule has 7 heteroatoms. The monoisotopic (exact) mass is 428 g/mol. The van der Waals surface area contributed by atoms with E-state index in [0.717, 1.165) is 33.5 Å². The van der Waals surface area contributed by atoms with Gasteiger partial charge < -0.3 is 9.88 Å². The van der Waals surface area contributed by atoms with Gasteiger partial charge in [0, 0.05) is 13.1 Å². The minimum atomic E-state index is -4.41. The van der Waals surface area contributed by atoms with Crippen molar-refractivity contribution in [3.8, 4) is 0 Å². The summed E-state index contributed by atoms with van der Waals surface area (Å²) >= 11 is 1.55. The van der Waals surface area contributed by atoms with Crippen LogP contribution in [0.3, 0.4) is 0 Å². The zero-order valence-electron chi connectivity index (χ0n) is 16.2. The normalized spacial score (nSPS) is 11.7. The molecule has 0 saturated heterocycles. The van der Waals surface area contributed by atoms with E-state index in [9.17, 15) is 18.0 Å². The fourth-order valence-electron chi connectivity index (χ4n) is 3.42. The fourth-order valence-corrected chi connectivity index (χ4v) is 4.25. The van der Waals surface area contributed by atoms with Crippen LogP contribution in [0.2, 0.25) is 0 Å². The molecule has 2 aromatic heterocycles. The predicted octanol–water partition coefficient (Wildman–Crippen LogP) is 6.01. The van der Waals surface area contributed by atoms with Gasteiger partial charge in [0.05, 0.1) is 15.8 Å². The maximum Gasteiger partial charge on any atom is 0.416 e. The Hall–Kier alpha value is -3.06. The Labute approximate surface area is 175 Å². The Morgan fingerprint density at radius 1 is 1.07 bits per heavy atom. The molecule has 0 saturated carbocycles. The van der Waals surface area contributed by atoms with Gasteiger partial charge in [0.1, 0.15) is 5.69 Å². The minimum Gasteiger partial charge on any atom is -0.347 e. The van der Waals surface area contributed by atoms with E-state index in [0.29, 0.717) is 17.8 Å². The van der Waals surface area contributed by atoms with Crippen LogP contribution in [0.1, 0.15) is 32.7 Å². The van der Waals surface area contributed by atoms with Gasteiger partial charge >= 0.3 is 6.18 Å². The van der Waals surface area contributed by atoms with Crippen molar-refractivity contribution in [1.29, 1.82) is 0 Å². The third-order valence-electron chi connectivity index (χ3n) is 5.05. The highest BCUT2D eigenvalue weighted by molar-refractivity contribution is 7.17. The summed E-state index contributed by atoms with van der Waals surface area (Å²) in [6.07, 6.45) is -4.41. The van der Waals surface area contributed by atoms with Gasteiger partial charge in [-0.15, -0.1) is 11.3 Å². The molecule has 4 rings (SSSR count). The molecule has 0 bridgehead atoms. The van der Waals surface area contributed by atoms with Gasteiger partial charge in [-0.3, -0.25) is 4.79 Å². The smallest absolute Gasteiger partial charge is 0.347 e. The number of carbonyl (C=O) groups excluding carboxylic acids is 1. The number of rotatable bonds is 5. The van der Waals surface area contributed by atoms with Crippen molar-refractivity contribution in [3.63, 3.8) is 0 Å². The molecule has 3 nitrogen and oxygen atoms in total. The number of thiophene rings is 1. The number of fused-ring (bicyclic) bond motifs is 1. The number of alkyl halides is 3. The fraction of sp³-hybridized carbons (Fsp3) is 0.174. The number of hydrogen-bond acceptors (Lipinski definition) is 2. The van der Waals surface area contributed by atoms with E-state index in [1.165, 1.54) is 6.07 Å². The lowest BCUT2D eigenvalue weighted by Gasteiger charge is -2.13. The van der Waals surface area contributed by atoms with E-state index in [1.807, 2.05) is 53.3 Å². The highest BCUT2D eigenvalue weighted by atomic mass is 32.1. The number of benzene rings is 2. The first-order valence-electron chi connectivity index (χ1n) is 9.38. The second-order valence-corrected chi connectivity index (χ2v) is 8.04. The molecule has 0 spiro atoms. The first-order chi connectivity index (χ1) is 14.3. The molecule has 0 aliphatic carbocycles. The number of halogens is 3. The van der Waals surface area contributed by atoms with Gasteiger partial charge in [-0.2, -0.15) is 13.2 Å². The quantitative estimate of drug-likeness (QED) is 0.415. The molecule has 0 fully saturated rings. The van der Waals surface area contributed by atoms with Crippen LogP contribution in [0, 0.1) is 6.92 Å². The lowest BCUT2D eigenvalue weighted by molar-refractivity contribution is -0.137. The molecule has 0 aliphatic rings. The summed E-state index contributed by atoms with van der Waals surface area (Å²) in [5, 5.41) is 4.74. The van der Waals surface area contributed by atoms with Gasteiger partial charge in [-0.1, -0.05) is 36.4 Å². The van der Waals surface area contributed by atoms with Crippen molar-refractivity contribution >= 4 is 27.5 Å². The Bertz CT molecular complexity index is 1210. The Morgan fingerprint density at radius 3 is 2.63 bits per heavy atom. The largest absolute Gasteiger partial charge is 0.416 e. The lowest BCUT2D eigenvalue weighted by atomic mass is 10.1. The Kier molecular flexibility index (Phi) is 5.39. The molecular formula is C23H19F3N2OS. The van der Waals surface area contributed by atoms with E-state index >= 15 is 0 Å². The van der Waals surface area contributed by atoms with Crippen LogP contribution >= 0.6 is 11.3 Å². The summed E-state index contributed by atoms with van der Waals surface area (Å²) in [4.78, 5) is 12.9. The first-order valence-corrected chi connectivity index (χ1v) is 10.3. The Morgan fingerprint density at radius 2 is 1.87 bits per heavy atom. The molecular weight excluding hydrogens is 409 g/mol. The van der Waals surface area contributed by atoms with Crippen LogP contribution in [0.15, 0.2) is 66.0 Å². The second-order valence-electron chi connectivity index (χ2n) is 7.09. The van der Waals surface area contributed by atoms with E-state index in [1.54, 1.807) is 17.4 Å². The number of hydrogen-bond donors (Lipinski definition) is 1. The lowest BCUT2D eigenvalue weighted by Crippen LogP contribution is -2.26. The van der Waals surface area contributed by atoms with E-state index in [-0.39, 0.29) is 12.5 Å². The third kappa shape index (κ3) is 4.11. The van der Waals surface area contributed by atoms with E-state index in [4.69, 9.17) is 0 Å². The van der Waals surface area contributed by atoms with Gasteiger partial charge in [0.2, 0.25) is 0 Å². The third-order valence-corrected chi connectivity index (χ3v) is 5.91.